The van der Waals surface area contributed by atoms with Gasteiger partial charge in [0, 0.05) is 43.8 Å². The Bertz CT molecular complexity index is 734. The fourth-order valence-corrected chi connectivity index (χ4v) is 3.83. The largest absolute Gasteiger partial charge is 0.465 e. The highest BCUT2D eigenvalue weighted by Crippen LogP contribution is 2.36. The van der Waals surface area contributed by atoms with Crippen LogP contribution < -0.4 is 5.73 Å². The SMILES string of the molecule is CC(C)(C)N(CC=Cc1cnc(N)c2c(Br)csc12)C(=O)O. The highest BCUT2D eigenvalue weighted by Gasteiger charge is 2.24. The fraction of sp³-hybridized carbons (Fsp3) is 0.333. The van der Waals surface area contributed by atoms with Gasteiger partial charge in [-0.3, -0.25) is 4.90 Å². The van der Waals surface area contributed by atoms with Gasteiger partial charge in [-0.25, -0.2) is 9.78 Å². The van der Waals surface area contributed by atoms with Crippen molar-refractivity contribution in [2.24, 2.45) is 0 Å². The first-order valence-corrected chi connectivity index (χ1v) is 8.37. The fourth-order valence-electron chi connectivity index (χ4n) is 2.09. The Kier molecular flexibility index (Phi) is 4.77. The molecular formula is C15H18BrN3O2S. The maximum absolute atomic E-state index is 11.3. The molecule has 0 saturated heterocycles. The summed E-state index contributed by atoms with van der Waals surface area (Å²) in [7, 11) is 0. The number of anilines is 1. The second-order valence-corrected chi connectivity index (χ2v) is 7.59. The number of hydrogen-bond acceptors (Lipinski definition) is 4. The van der Waals surface area contributed by atoms with E-state index in [1.807, 2.05) is 38.3 Å². The summed E-state index contributed by atoms with van der Waals surface area (Å²) < 4.78 is 1.96. The molecule has 1 amide bonds. The van der Waals surface area contributed by atoms with Crippen molar-refractivity contribution in [3.8, 4) is 0 Å². The maximum Gasteiger partial charge on any atom is 0.408 e. The van der Waals surface area contributed by atoms with Crippen molar-refractivity contribution in [2.45, 2.75) is 26.3 Å². The summed E-state index contributed by atoms with van der Waals surface area (Å²) >= 11 is 5.05. The summed E-state index contributed by atoms with van der Waals surface area (Å²) in [4.78, 5) is 16.9. The third-order valence-electron chi connectivity index (χ3n) is 3.23. The lowest BCUT2D eigenvalue weighted by Gasteiger charge is -2.32. The lowest BCUT2D eigenvalue weighted by Crippen LogP contribution is -2.44. The molecule has 2 aromatic heterocycles. The Hall–Kier alpha value is -1.60. The number of nitrogen functional groups attached to an aromatic ring is 1. The number of carboxylic acid groups (broad SMARTS) is 1. The van der Waals surface area contributed by atoms with E-state index >= 15 is 0 Å². The standard InChI is InChI=1S/C15H18BrN3O2S/c1-15(2,3)19(14(20)21)6-4-5-9-7-18-13(17)11-10(16)8-22-12(9)11/h4-5,7-8H,6H2,1-3H3,(H2,17,18)(H,20,21). The number of fused-ring (bicyclic) bond motifs is 1. The molecule has 0 atom stereocenters. The molecular weight excluding hydrogens is 366 g/mol. The lowest BCUT2D eigenvalue weighted by atomic mass is 10.1. The molecule has 2 aromatic rings. The minimum atomic E-state index is -0.934. The molecule has 3 N–H and O–H groups in total. The van der Waals surface area contributed by atoms with E-state index in [4.69, 9.17) is 5.73 Å². The molecule has 0 aliphatic rings. The first-order chi connectivity index (χ1) is 10.2. The number of halogens is 1. The van der Waals surface area contributed by atoms with Crippen molar-refractivity contribution in [3.05, 3.63) is 27.7 Å². The Balaban J connectivity index is 2.28. The van der Waals surface area contributed by atoms with E-state index in [9.17, 15) is 9.90 Å². The Morgan fingerprint density at radius 2 is 2.23 bits per heavy atom. The number of nitrogens with two attached hydrogens (primary N) is 1. The van der Waals surface area contributed by atoms with Gasteiger partial charge in [-0.1, -0.05) is 12.2 Å². The summed E-state index contributed by atoms with van der Waals surface area (Å²) in [5, 5.41) is 12.1. The summed E-state index contributed by atoms with van der Waals surface area (Å²) in [5.41, 5.74) is 6.38. The second-order valence-electron chi connectivity index (χ2n) is 5.85. The number of carbonyl (C=O) groups is 1. The summed E-state index contributed by atoms with van der Waals surface area (Å²) in [6.07, 6.45) is 4.50. The molecule has 0 bridgehead atoms. The Labute approximate surface area is 141 Å². The summed E-state index contributed by atoms with van der Waals surface area (Å²) in [5.74, 6) is 0.488. The van der Waals surface area contributed by atoms with Crippen LogP contribution >= 0.6 is 27.3 Å². The zero-order valence-corrected chi connectivity index (χ0v) is 15.0. The van der Waals surface area contributed by atoms with Gasteiger partial charge in [-0.2, -0.15) is 0 Å². The van der Waals surface area contributed by atoms with E-state index < -0.39 is 11.6 Å². The molecule has 0 saturated carbocycles. The van der Waals surface area contributed by atoms with Crippen LogP contribution in [0.15, 0.2) is 22.1 Å². The minimum absolute atomic E-state index is 0.317. The van der Waals surface area contributed by atoms with Crippen LogP contribution in [-0.4, -0.2) is 33.2 Å². The van der Waals surface area contributed by atoms with Gasteiger partial charge >= 0.3 is 6.09 Å². The van der Waals surface area contributed by atoms with Crippen molar-refractivity contribution in [1.29, 1.82) is 0 Å². The van der Waals surface area contributed by atoms with Crippen LogP contribution in [0, 0.1) is 0 Å². The number of aromatic nitrogens is 1. The first-order valence-electron chi connectivity index (χ1n) is 6.70. The number of nitrogens with zero attached hydrogens (tertiary/aromatic N) is 2. The average Bonchev–Trinajstić information content (AvgIpc) is 2.78. The average molecular weight is 384 g/mol. The van der Waals surface area contributed by atoms with Gasteiger partial charge < -0.3 is 10.8 Å². The topological polar surface area (TPSA) is 79.5 Å². The van der Waals surface area contributed by atoms with E-state index in [1.165, 1.54) is 4.90 Å². The number of hydrogen-bond donors (Lipinski definition) is 2. The van der Waals surface area contributed by atoms with Crippen molar-refractivity contribution in [2.75, 3.05) is 12.3 Å². The highest BCUT2D eigenvalue weighted by molar-refractivity contribution is 9.10. The second kappa shape index (κ2) is 6.26. The molecule has 0 radical (unpaired) electrons. The molecule has 0 unspecified atom stereocenters. The van der Waals surface area contributed by atoms with E-state index in [2.05, 4.69) is 20.9 Å². The molecule has 5 nitrogen and oxygen atoms in total. The molecule has 7 heteroatoms. The third kappa shape index (κ3) is 3.41. The molecule has 22 heavy (non-hydrogen) atoms. The highest BCUT2D eigenvalue weighted by atomic mass is 79.9. The van der Waals surface area contributed by atoms with Crippen molar-refractivity contribution in [1.82, 2.24) is 9.88 Å². The van der Waals surface area contributed by atoms with Crippen LogP contribution in [0.1, 0.15) is 26.3 Å². The van der Waals surface area contributed by atoms with Crippen LogP contribution in [0.4, 0.5) is 10.6 Å². The summed E-state index contributed by atoms with van der Waals surface area (Å²) in [6, 6.07) is 0. The number of amides is 1. The summed E-state index contributed by atoms with van der Waals surface area (Å²) in [6.45, 7) is 5.92. The quantitative estimate of drug-likeness (QED) is 0.820. The van der Waals surface area contributed by atoms with E-state index in [0.29, 0.717) is 12.4 Å². The Morgan fingerprint density at radius 1 is 1.55 bits per heavy atom. The lowest BCUT2D eigenvalue weighted by molar-refractivity contribution is 0.108. The molecule has 2 heterocycles. The first kappa shape index (κ1) is 16.8. The number of pyridine rings is 1. The van der Waals surface area contributed by atoms with Crippen LogP contribution in [0.25, 0.3) is 16.2 Å². The van der Waals surface area contributed by atoms with Crippen LogP contribution in [0.2, 0.25) is 0 Å². The van der Waals surface area contributed by atoms with Gasteiger partial charge in [-0.15, -0.1) is 11.3 Å². The minimum Gasteiger partial charge on any atom is -0.465 e. The van der Waals surface area contributed by atoms with Gasteiger partial charge in [0.25, 0.3) is 0 Å². The molecule has 0 spiro atoms. The van der Waals surface area contributed by atoms with Gasteiger partial charge in [0.05, 0.1) is 0 Å². The normalized spacial score (nSPS) is 12.2. The van der Waals surface area contributed by atoms with E-state index in [1.54, 1.807) is 17.5 Å². The van der Waals surface area contributed by atoms with E-state index in [-0.39, 0.29) is 0 Å². The van der Waals surface area contributed by atoms with Crippen molar-refractivity contribution in [3.63, 3.8) is 0 Å². The molecule has 0 aliphatic carbocycles. The predicted molar refractivity (Wildman–Crippen MR) is 95.3 cm³/mol. The van der Waals surface area contributed by atoms with Crippen molar-refractivity contribution >= 4 is 55.3 Å². The van der Waals surface area contributed by atoms with E-state index in [0.717, 1.165) is 20.1 Å². The monoisotopic (exact) mass is 383 g/mol. The zero-order valence-electron chi connectivity index (χ0n) is 12.6. The molecule has 0 aliphatic heterocycles. The molecule has 2 rings (SSSR count). The van der Waals surface area contributed by atoms with Gasteiger partial charge in [-0.05, 0) is 36.7 Å². The van der Waals surface area contributed by atoms with Crippen molar-refractivity contribution < 1.29 is 9.90 Å². The molecule has 118 valence electrons. The van der Waals surface area contributed by atoms with Crippen LogP contribution in [0.3, 0.4) is 0 Å². The van der Waals surface area contributed by atoms with Crippen LogP contribution in [-0.2, 0) is 0 Å². The predicted octanol–water partition coefficient (Wildman–Crippen LogP) is 4.43. The smallest absolute Gasteiger partial charge is 0.408 e. The van der Waals surface area contributed by atoms with Crippen LogP contribution in [0.5, 0.6) is 0 Å². The maximum atomic E-state index is 11.3. The zero-order chi connectivity index (χ0) is 16.5. The Morgan fingerprint density at radius 3 is 2.82 bits per heavy atom. The molecule has 0 fully saturated rings. The van der Waals surface area contributed by atoms with Gasteiger partial charge in [0.1, 0.15) is 5.82 Å². The van der Waals surface area contributed by atoms with Gasteiger partial charge in [0.2, 0.25) is 0 Å². The third-order valence-corrected chi connectivity index (χ3v) is 5.19. The number of thiophene rings is 1. The molecule has 0 aromatic carbocycles. The van der Waals surface area contributed by atoms with Gasteiger partial charge in [0.15, 0.2) is 0 Å². The number of rotatable bonds is 3.